The summed E-state index contributed by atoms with van der Waals surface area (Å²) in [5.41, 5.74) is 5.38. The molecule has 304 valence electrons. The minimum absolute atomic E-state index is 0.124. The molecule has 4 aromatic heterocycles. The summed E-state index contributed by atoms with van der Waals surface area (Å²) in [5, 5.41) is 23.1. The molecule has 4 saturated heterocycles. The summed E-state index contributed by atoms with van der Waals surface area (Å²) in [6.07, 6.45) is 15.7. The molecule has 4 aliphatic heterocycles. The van der Waals surface area contributed by atoms with Gasteiger partial charge < -0.3 is 30.7 Å². The standard InChI is InChI=1S/C43H48N12O4/c56-26-31-6-7-35(39(27-57)46-31)47-43(59)38-22-33(8-13-44-38)52-19-9-29(10-20-52)24-51-17-11-32(12-18-51)55-25-30-21-37(40(23-36(30)50-55)53-14-2-1-3-15-53)48-42(58)34-5-4-16-54-28-45-49-41(34)54/h4-5,8,13,16,21-23,25,28-29,32,35,46H,1-3,6-7,9-12,14-15,17-20,24H2,(H,47,59)(H,48,58)/t35-/m0/s1. The Balaban J connectivity index is 0.797. The topological polar surface area (TPSA) is 175 Å². The van der Waals surface area contributed by atoms with Crippen LogP contribution in [0.1, 0.15) is 84.7 Å². The summed E-state index contributed by atoms with van der Waals surface area (Å²) in [6, 6.07) is 11.3. The van der Waals surface area contributed by atoms with Gasteiger partial charge in [0.1, 0.15) is 35.3 Å². The lowest BCUT2D eigenvalue weighted by Crippen LogP contribution is -2.44. The molecule has 0 unspecified atom stereocenters. The van der Waals surface area contributed by atoms with E-state index < -0.39 is 6.04 Å². The number of benzene rings is 1. The summed E-state index contributed by atoms with van der Waals surface area (Å²) in [4.78, 5) is 60.8. The number of hydrogen-bond donors (Lipinski definition) is 3. The summed E-state index contributed by atoms with van der Waals surface area (Å²) < 4.78 is 3.90. The molecule has 1 atom stereocenters. The second-order valence-corrected chi connectivity index (χ2v) is 16.2. The third-order valence-electron chi connectivity index (χ3n) is 12.4. The summed E-state index contributed by atoms with van der Waals surface area (Å²) in [5.74, 6) is 3.59. The molecule has 4 fully saturated rings. The molecule has 4 aliphatic rings. The number of nitrogens with one attached hydrogen (secondary N) is 3. The highest BCUT2D eigenvalue weighted by Gasteiger charge is 2.29. The molecular weight excluding hydrogens is 749 g/mol. The number of hydrogen-bond acceptors (Lipinski definition) is 12. The average Bonchev–Trinajstić information content (AvgIpc) is 3.94. The molecule has 0 radical (unpaired) electrons. The average molecular weight is 797 g/mol. The van der Waals surface area contributed by atoms with Crippen molar-refractivity contribution in [3.8, 4) is 0 Å². The van der Waals surface area contributed by atoms with Crippen molar-refractivity contribution in [1.82, 2.24) is 44.9 Å². The Morgan fingerprint density at radius 2 is 1.71 bits per heavy atom. The van der Waals surface area contributed by atoms with Gasteiger partial charge >= 0.3 is 0 Å². The number of anilines is 3. The summed E-state index contributed by atoms with van der Waals surface area (Å²) >= 11 is 0. The number of carbonyl (C=O) groups is 2. The highest BCUT2D eigenvalue weighted by Crippen LogP contribution is 2.35. The van der Waals surface area contributed by atoms with Crippen LogP contribution in [0.3, 0.4) is 0 Å². The Hall–Kier alpha value is -6.34. The number of piperidine rings is 4. The zero-order chi connectivity index (χ0) is 40.3. The molecule has 5 aromatic rings. The van der Waals surface area contributed by atoms with Gasteiger partial charge in [0, 0.05) is 81.9 Å². The van der Waals surface area contributed by atoms with Gasteiger partial charge in [-0.05, 0) is 93.7 Å². The number of allylic oxidation sites excluding steroid dienone is 1. The van der Waals surface area contributed by atoms with E-state index >= 15 is 0 Å². The lowest BCUT2D eigenvalue weighted by molar-refractivity contribution is 0.0933. The predicted molar refractivity (Wildman–Crippen MR) is 223 cm³/mol. The van der Waals surface area contributed by atoms with Crippen LogP contribution in [-0.4, -0.2) is 110 Å². The summed E-state index contributed by atoms with van der Waals surface area (Å²) in [7, 11) is 0. The zero-order valence-corrected chi connectivity index (χ0v) is 33.0. The predicted octanol–water partition coefficient (Wildman–Crippen LogP) is 4.18. The van der Waals surface area contributed by atoms with Crippen LogP contribution in [0.5, 0.6) is 0 Å². The van der Waals surface area contributed by atoms with Gasteiger partial charge in [-0.25, -0.2) is 9.59 Å². The lowest BCUT2D eigenvalue weighted by Gasteiger charge is -2.38. The molecular formula is C43H48N12O4. The highest BCUT2D eigenvalue weighted by atomic mass is 16.2. The first kappa shape index (κ1) is 38.2. The fourth-order valence-corrected chi connectivity index (χ4v) is 9.12. The maximum atomic E-state index is 13.7. The third-order valence-corrected chi connectivity index (χ3v) is 12.4. The van der Waals surface area contributed by atoms with E-state index in [0.29, 0.717) is 36.0 Å². The minimum atomic E-state index is -0.566. The fraction of sp³-hybridized carbons (Fsp3) is 0.442. The van der Waals surface area contributed by atoms with Gasteiger partial charge in [0.05, 0.1) is 34.5 Å². The third kappa shape index (κ3) is 8.20. The molecule has 0 saturated carbocycles. The molecule has 8 heterocycles. The molecule has 0 spiro atoms. The van der Waals surface area contributed by atoms with E-state index in [4.69, 9.17) is 5.10 Å². The molecule has 3 N–H and O–H groups in total. The van der Waals surface area contributed by atoms with Crippen molar-refractivity contribution in [3.63, 3.8) is 0 Å². The second-order valence-electron chi connectivity index (χ2n) is 16.2. The van der Waals surface area contributed by atoms with Crippen molar-refractivity contribution in [2.24, 2.45) is 5.92 Å². The Bertz CT molecular complexity index is 2460. The van der Waals surface area contributed by atoms with Gasteiger partial charge in [-0.2, -0.15) is 5.10 Å². The maximum absolute atomic E-state index is 13.7. The molecule has 16 nitrogen and oxygen atoms in total. The molecule has 16 heteroatoms. The Kier molecular flexibility index (Phi) is 10.9. The van der Waals surface area contributed by atoms with E-state index in [9.17, 15) is 19.2 Å². The number of pyridine rings is 2. The van der Waals surface area contributed by atoms with Gasteiger partial charge in [0.2, 0.25) is 0 Å². The smallest absolute Gasteiger partial charge is 0.270 e. The van der Waals surface area contributed by atoms with Crippen LogP contribution in [0.2, 0.25) is 0 Å². The van der Waals surface area contributed by atoms with Crippen LogP contribution in [0, 0.1) is 5.92 Å². The quantitative estimate of drug-likeness (QED) is 0.182. The van der Waals surface area contributed by atoms with Crippen LogP contribution >= 0.6 is 0 Å². The van der Waals surface area contributed by atoms with Crippen molar-refractivity contribution in [1.29, 1.82) is 0 Å². The van der Waals surface area contributed by atoms with Crippen LogP contribution in [0.25, 0.3) is 16.6 Å². The number of carbonyl (C=O) groups excluding carboxylic acids is 4. The molecule has 2 amide bonds. The van der Waals surface area contributed by atoms with Crippen molar-refractivity contribution in [2.75, 3.05) is 60.9 Å². The van der Waals surface area contributed by atoms with Crippen molar-refractivity contribution >= 4 is 57.3 Å². The van der Waals surface area contributed by atoms with Crippen LogP contribution in [0.15, 0.2) is 72.7 Å². The van der Waals surface area contributed by atoms with E-state index in [-0.39, 0.29) is 28.9 Å². The van der Waals surface area contributed by atoms with E-state index in [1.165, 1.54) is 6.42 Å². The first-order chi connectivity index (χ1) is 28.9. The molecule has 1 aromatic carbocycles. The second kappa shape index (κ2) is 16.9. The van der Waals surface area contributed by atoms with E-state index in [0.717, 1.165) is 112 Å². The Morgan fingerprint density at radius 1 is 0.881 bits per heavy atom. The minimum Gasteiger partial charge on any atom is -0.371 e. The molecule has 9 rings (SSSR count). The fourth-order valence-electron chi connectivity index (χ4n) is 9.12. The van der Waals surface area contributed by atoms with Gasteiger partial charge in [-0.15, -0.1) is 10.2 Å². The SMILES string of the molecule is O=C=C1CC[C@H](NC(=O)c2cc(N3CCC(CN4CCC(n5cc6cc(NC(=O)c7cccn8cnnc78)c(N7CCCCC7)cc6n5)CC4)CC3)ccn2)C(=C=O)N1. The molecule has 0 bridgehead atoms. The van der Waals surface area contributed by atoms with Crippen molar-refractivity contribution < 1.29 is 19.2 Å². The summed E-state index contributed by atoms with van der Waals surface area (Å²) in [6.45, 7) is 6.79. The Labute approximate surface area is 341 Å². The number of aromatic nitrogens is 6. The van der Waals surface area contributed by atoms with Crippen molar-refractivity contribution in [3.05, 3.63) is 84.0 Å². The monoisotopic (exact) mass is 796 g/mol. The van der Waals surface area contributed by atoms with E-state index in [1.54, 1.807) is 34.9 Å². The van der Waals surface area contributed by atoms with Crippen molar-refractivity contribution in [2.45, 2.75) is 69.9 Å². The molecule has 59 heavy (non-hydrogen) atoms. The van der Waals surface area contributed by atoms with Crippen LogP contribution in [-0.2, 0) is 9.59 Å². The van der Waals surface area contributed by atoms with Gasteiger partial charge in [-0.1, -0.05) is 0 Å². The first-order valence-corrected chi connectivity index (χ1v) is 20.8. The normalized spacial score (nSPS) is 19.7. The number of nitrogens with zero attached hydrogens (tertiary/aromatic N) is 9. The van der Waals surface area contributed by atoms with Crippen LogP contribution < -0.4 is 25.8 Å². The number of fused-ring (bicyclic) bond motifs is 2. The first-order valence-electron chi connectivity index (χ1n) is 20.8. The number of amides is 2. The van der Waals surface area contributed by atoms with E-state index in [1.807, 2.05) is 24.4 Å². The van der Waals surface area contributed by atoms with Gasteiger partial charge in [0.15, 0.2) is 5.65 Å². The van der Waals surface area contributed by atoms with Crippen LogP contribution in [0.4, 0.5) is 17.1 Å². The largest absolute Gasteiger partial charge is 0.371 e. The number of rotatable bonds is 9. The zero-order valence-electron chi connectivity index (χ0n) is 33.0. The maximum Gasteiger partial charge on any atom is 0.270 e. The lowest BCUT2D eigenvalue weighted by atomic mass is 9.94. The Morgan fingerprint density at radius 3 is 2.51 bits per heavy atom. The van der Waals surface area contributed by atoms with Gasteiger partial charge in [-0.3, -0.25) is 23.7 Å². The van der Waals surface area contributed by atoms with E-state index in [2.05, 4.69) is 68.8 Å². The highest BCUT2D eigenvalue weighted by molar-refractivity contribution is 6.10. The molecule has 0 aliphatic carbocycles. The van der Waals surface area contributed by atoms with Gasteiger partial charge in [0.25, 0.3) is 11.8 Å². The number of likely N-dealkylation sites (tertiary alicyclic amines) is 1.